The lowest BCUT2D eigenvalue weighted by Crippen LogP contribution is -2.25. The highest BCUT2D eigenvalue weighted by Gasteiger charge is 2.22. The van der Waals surface area contributed by atoms with Gasteiger partial charge in [-0.1, -0.05) is 58.9 Å². The Balaban J connectivity index is 1.43. The predicted molar refractivity (Wildman–Crippen MR) is 157 cm³/mol. The topological polar surface area (TPSA) is 56.5 Å². The number of ether oxygens (including phenoxy) is 1. The Morgan fingerprint density at radius 2 is 1.86 bits per heavy atom. The lowest BCUT2D eigenvalue weighted by atomic mass is 9.88. The molecule has 1 heterocycles. The number of aromatic nitrogens is 2. The molecule has 1 saturated carbocycles. The van der Waals surface area contributed by atoms with E-state index in [1.54, 1.807) is 6.21 Å². The molecule has 0 N–H and O–H groups in total. The molecule has 0 radical (unpaired) electrons. The Bertz CT molecular complexity index is 1480. The molecule has 1 aliphatic carbocycles. The van der Waals surface area contributed by atoms with Gasteiger partial charge in [-0.15, -0.1) is 0 Å². The molecule has 5 nitrogen and oxygen atoms in total. The standard InChI is InChI=1S/C28H24BrClIN3O2/c29-21-9-12-25-23(15-21)28(35)34(27(33-25)20-4-2-1-3-5-20)32-16-19-8-13-26(24(31)14-19)36-17-18-6-10-22(30)11-7-18/h6-16,20H,1-5,17H2. The summed E-state index contributed by atoms with van der Waals surface area (Å²) in [7, 11) is 0. The molecule has 1 fully saturated rings. The van der Waals surface area contributed by atoms with Gasteiger partial charge in [0.1, 0.15) is 18.2 Å². The fraction of sp³-hybridized carbons (Fsp3) is 0.250. The van der Waals surface area contributed by atoms with Crippen LogP contribution in [-0.4, -0.2) is 15.9 Å². The van der Waals surface area contributed by atoms with Gasteiger partial charge in [-0.25, -0.2) is 4.98 Å². The molecule has 0 bridgehead atoms. The smallest absolute Gasteiger partial charge is 0.282 e. The van der Waals surface area contributed by atoms with Gasteiger partial charge in [-0.2, -0.15) is 9.78 Å². The van der Waals surface area contributed by atoms with Gasteiger partial charge < -0.3 is 4.74 Å². The molecule has 0 atom stereocenters. The Hall–Kier alpha value is -2.23. The molecule has 184 valence electrons. The molecule has 36 heavy (non-hydrogen) atoms. The summed E-state index contributed by atoms with van der Waals surface area (Å²) in [5.74, 6) is 1.78. The van der Waals surface area contributed by atoms with Crippen LogP contribution in [0.4, 0.5) is 0 Å². The zero-order valence-corrected chi connectivity index (χ0v) is 24.0. The van der Waals surface area contributed by atoms with Crippen LogP contribution in [0.3, 0.4) is 0 Å². The molecule has 4 aromatic rings. The van der Waals surface area contributed by atoms with Gasteiger partial charge in [-0.05, 0) is 95.1 Å². The SMILES string of the molecule is O=c1c2cc(Br)ccc2nc(C2CCCCC2)n1N=Cc1ccc(OCc2ccc(Cl)cc2)c(I)c1. The lowest BCUT2D eigenvalue weighted by Gasteiger charge is -2.22. The summed E-state index contributed by atoms with van der Waals surface area (Å²) in [5.41, 5.74) is 2.50. The van der Waals surface area contributed by atoms with Crippen LogP contribution in [0.2, 0.25) is 5.02 Å². The second-order valence-electron chi connectivity index (χ2n) is 8.93. The van der Waals surface area contributed by atoms with Crippen LogP contribution in [0, 0.1) is 3.57 Å². The normalized spacial score (nSPS) is 14.5. The van der Waals surface area contributed by atoms with E-state index >= 15 is 0 Å². The van der Waals surface area contributed by atoms with Crippen LogP contribution in [-0.2, 0) is 6.61 Å². The molecule has 3 aromatic carbocycles. The molecular formula is C28H24BrClIN3O2. The van der Waals surface area contributed by atoms with E-state index in [1.165, 1.54) is 11.1 Å². The summed E-state index contributed by atoms with van der Waals surface area (Å²) in [6, 6.07) is 19.1. The van der Waals surface area contributed by atoms with Crippen molar-refractivity contribution < 1.29 is 4.74 Å². The molecule has 0 aliphatic heterocycles. The van der Waals surface area contributed by atoms with E-state index in [9.17, 15) is 4.79 Å². The van der Waals surface area contributed by atoms with E-state index in [2.05, 4.69) is 43.6 Å². The molecule has 0 spiro atoms. The minimum absolute atomic E-state index is 0.143. The predicted octanol–water partition coefficient (Wildman–Crippen LogP) is 7.93. The van der Waals surface area contributed by atoms with Crippen LogP contribution in [0.15, 0.2) is 75.0 Å². The van der Waals surface area contributed by atoms with Gasteiger partial charge in [0.2, 0.25) is 0 Å². The summed E-state index contributed by atoms with van der Waals surface area (Å²) < 4.78 is 9.30. The van der Waals surface area contributed by atoms with Crippen LogP contribution >= 0.6 is 50.1 Å². The molecule has 1 aromatic heterocycles. The van der Waals surface area contributed by atoms with Gasteiger partial charge in [-0.3, -0.25) is 4.79 Å². The Labute approximate surface area is 236 Å². The van der Waals surface area contributed by atoms with E-state index in [-0.39, 0.29) is 11.5 Å². The first kappa shape index (κ1) is 25.4. The monoisotopic (exact) mass is 675 g/mol. The summed E-state index contributed by atoms with van der Waals surface area (Å²) in [6.45, 7) is 0.457. The van der Waals surface area contributed by atoms with Crippen LogP contribution in [0.5, 0.6) is 5.75 Å². The minimum atomic E-state index is -0.143. The number of halogens is 3. The molecule has 8 heteroatoms. The van der Waals surface area contributed by atoms with Crippen molar-refractivity contribution in [3.63, 3.8) is 0 Å². The van der Waals surface area contributed by atoms with Gasteiger partial charge in [0, 0.05) is 15.4 Å². The summed E-state index contributed by atoms with van der Waals surface area (Å²) in [6.07, 6.45) is 7.32. The van der Waals surface area contributed by atoms with Crippen molar-refractivity contribution >= 4 is 67.2 Å². The fourth-order valence-electron chi connectivity index (χ4n) is 4.48. The van der Waals surface area contributed by atoms with E-state index in [0.29, 0.717) is 22.5 Å². The molecule has 0 saturated heterocycles. The summed E-state index contributed by atoms with van der Waals surface area (Å²) in [4.78, 5) is 18.4. The largest absolute Gasteiger partial charge is 0.488 e. The minimum Gasteiger partial charge on any atom is -0.488 e. The fourth-order valence-corrected chi connectivity index (χ4v) is 5.67. The van der Waals surface area contributed by atoms with Crippen LogP contribution in [0.1, 0.15) is 55.0 Å². The van der Waals surface area contributed by atoms with Crippen molar-refractivity contribution in [1.29, 1.82) is 0 Å². The van der Waals surface area contributed by atoms with Gasteiger partial charge in [0.05, 0.1) is 20.7 Å². The third kappa shape index (κ3) is 5.84. The maximum absolute atomic E-state index is 13.5. The number of hydrogen-bond acceptors (Lipinski definition) is 4. The van der Waals surface area contributed by atoms with Crippen LogP contribution < -0.4 is 10.3 Å². The van der Waals surface area contributed by atoms with Crippen molar-refractivity contribution in [3.05, 3.63) is 101 Å². The Morgan fingerprint density at radius 3 is 2.61 bits per heavy atom. The zero-order chi connectivity index (χ0) is 25.1. The number of nitrogens with zero attached hydrogens (tertiary/aromatic N) is 3. The van der Waals surface area contributed by atoms with E-state index < -0.39 is 0 Å². The molecule has 5 rings (SSSR count). The number of hydrogen-bond donors (Lipinski definition) is 0. The second kappa shape index (κ2) is 11.4. The van der Waals surface area contributed by atoms with Gasteiger partial charge >= 0.3 is 0 Å². The highest BCUT2D eigenvalue weighted by atomic mass is 127. The highest BCUT2D eigenvalue weighted by molar-refractivity contribution is 14.1. The van der Waals surface area contributed by atoms with Crippen molar-refractivity contribution in [3.8, 4) is 5.75 Å². The quantitative estimate of drug-likeness (QED) is 0.154. The molecule has 1 aliphatic rings. The first-order valence-corrected chi connectivity index (χ1v) is 14.2. The average Bonchev–Trinajstić information content (AvgIpc) is 2.89. The van der Waals surface area contributed by atoms with Crippen molar-refractivity contribution in [2.75, 3.05) is 0 Å². The van der Waals surface area contributed by atoms with Crippen LogP contribution in [0.25, 0.3) is 10.9 Å². The number of rotatable bonds is 6. The molecular weight excluding hydrogens is 653 g/mol. The third-order valence-corrected chi connectivity index (χ3v) is 7.98. The molecule has 0 unspecified atom stereocenters. The van der Waals surface area contributed by atoms with E-state index in [4.69, 9.17) is 21.3 Å². The second-order valence-corrected chi connectivity index (χ2v) is 11.4. The maximum atomic E-state index is 13.5. The maximum Gasteiger partial charge on any atom is 0.282 e. The van der Waals surface area contributed by atoms with Crippen molar-refractivity contribution in [2.24, 2.45) is 5.10 Å². The Morgan fingerprint density at radius 1 is 1.08 bits per heavy atom. The lowest BCUT2D eigenvalue weighted by molar-refractivity contribution is 0.304. The first-order chi connectivity index (χ1) is 17.5. The van der Waals surface area contributed by atoms with Crippen molar-refractivity contribution in [2.45, 2.75) is 44.6 Å². The Kier molecular flexibility index (Phi) is 8.08. The van der Waals surface area contributed by atoms with Crippen molar-refractivity contribution in [1.82, 2.24) is 9.66 Å². The summed E-state index contributed by atoms with van der Waals surface area (Å²) in [5, 5.41) is 5.91. The number of benzene rings is 3. The highest BCUT2D eigenvalue weighted by Crippen LogP contribution is 2.32. The third-order valence-electron chi connectivity index (χ3n) is 6.39. The number of fused-ring (bicyclic) bond motifs is 1. The van der Waals surface area contributed by atoms with E-state index in [0.717, 1.165) is 56.4 Å². The van der Waals surface area contributed by atoms with E-state index in [1.807, 2.05) is 60.7 Å². The summed E-state index contributed by atoms with van der Waals surface area (Å²) >= 11 is 11.7. The first-order valence-electron chi connectivity index (χ1n) is 11.9. The zero-order valence-electron chi connectivity index (χ0n) is 19.5. The molecule has 0 amide bonds. The average molecular weight is 677 g/mol. The van der Waals surface area contributed by atoms with Gasteiger partial charge in [0.15, 0.2) is 0 Å². The van der Waals surface area contributed by atoms with Gasteiger partial charge in [0.25, 0.3) is 5.56 Å².